The van der Waals surface area contributed by atoms with Gasteiger partial charge in [-0.05, 0) is 18.2 Å². The number of aromatic nitrogens is 1. The largest absolute Gasteiger partial charge is 0.504 e. The molecule has 0 atom stereocenters. The molecular formula is C16H15ClF3N3O2. The van der Waals surface area contributed by atoms with Crippen molar-refractivity contribution in [2.24, 2.45) is 4.99 Å². The lowest BCUT2D eigenvalue weighted by Gasteiger charge is -2.10. The molecule has 2 aromatic rings. The smallest absolute Gasteiger partial charge is 0.417 e. The van der Waals surface area contributed by atoms with Gasteiger partial charge in [-0.2, -0.15) is 13.2 Å². The van der Waals surface area contributed by atoms with E-state index in [2.05, 4.69) is 15.3 Å². The number of hydrogen-bond donors (Lipinski definition) is 2. The lowest BCUT2D eigenvalue weighted by molar-refractivity contribution is -0.137. The molecule has 2 N–H and O–H groups in total. The van der Waals surface area contributed by atoms with E-state index in [1.807, 2.05) is 0 Å². The predicted molar refractivity (Wildman–Crippen MR) is 89.9 cm³/mol. The van der Waals surface area contributed by atoms with Crippen LogP contribution in [0.2, 0.25) is 5.02 Å². The number of benzene rings is 1. The van der Waals surface area contributed by atoms with Gasteiger partial charge >= 0.3 is 6.18 Å². The predicted octanol–water partition coefficient (Wildman–Crippen LogP) is 4.00. The first kappa shape index (κ1) is 18.9. The zero-order valence-corrected chi connectivity index (χ0v) is 13.9. The lowest BCUT2D eigenvalue weighted by atomic mass is 10.2. The molecule has 0 amide bonds. The van der Waals surface area contributed by atoms with E-state index in [0.29, 0.717) is 30.6 Å². The molecule has 134 valence electrons. The highest BCUT2D eigenvalue weighted by atomic mass is 35.5. The fourth-order valence-corrected chi connectivity index (χ4v) is 2.17. The van der Waals surface area contributed by atoms with E-state index in [9.17, 15) is 18.3 Å². The van der Waals surface area contributed by atoms with Crippen LogP contribution in [0.4, 0.5) is 19.0 Å². The summed E-state index contributed by atoms with van der Waals surface area (Å²) in [5.74, 6) is 0.464. The van der Waals surface area contributed by atoms with Crippen LogP contribution in [-0.4, -0.2) is 36.5 Å². The Morgan fingerprint density at radius 2 is 2.16 bits per heavy atom. The molecule has 25 heavy (non-hydrogen) atoms. The standard InChI is InChI=1S/C16H15ClF3N3O2/c1-25-13-4-2-3-10(14(13)24)8-21-5-6-22-15-12(17)7-11(9-23-15)16(18,19)20/h2-4,7-9,24H,5-6H2,1H3,(H,22,23). The van der Waals surface area contributed by atoms with Crippen molar-refractivity contribution in [2.75, 3.05) is 25.5 Å². The molecule has 0 saturated carbocycles. The van der Waals surface area contributed by atoms with Crippen LogP contribution in [0.5, 0.6) is 11.5 Å². The van der Waals surface area contributed by atoms with Crippen LogP contribution in [0.25, 0.3) is 0 Å². The van der Waals surface area contributed by atoms with Crippen molar-refractivity contribution in [1.29, 1.82) is 0 Å². The van der Waals surface area contributed by atoms with Crippen LogP contribution in [-0.2, 0) is 6.18 Å². The molecule has 0 spiro atoms. The summed E-state index contributed by atoms with van der Waals surface area (Å²) in [4.78, 5) is 7.79. The molecule has 0 saturated heterocycles. The maximum Gasteiger partial charge on any atom is 0.417 e. The topological polar surface area (TPSA) is 66.7 Å². The van der Waals surface area contributed by atoms with Crippen LogP contribution in [0.15, 0.2) is 35.5 Å². The van der Waals surface area contributed by atoms with Gasteiger partial charge in [0, 0.05) is 24.5 Å². The number of aliphatic imine (C=N–C) groups is 1. The molecular weight excluding hydrogens is 359 g/mol. The first-order chi connectivity index (χ1) is 11.8. The highest BCUT2D eigenvalue weighted by Crippen LogP contribution is 2.32. The molecule has 0 aliphatic rings. The number of hydrogen-bond acceptors (Lipinski definition) is 5. The van der Waals surface area contributed by atoms with Crippen molar-refractivity contribution >= 4 is 23.6 Å². The minimum absolute atomic E-state index is 0.0193. The maximum absolute atomic E-state index is 12.5. The number of rotatable bonds is 6. The van der Waals surface area contributed by atoms with Crippen molar-refractivity contribution in [3.05, 3.63) is 46.6 Å². The third kappa shape index (κ3) is 4.99. The Hall–Kier alpha value is -2.48. The second-order valence-electron chi connectivity index (χ2n) is 4.91. The second-order valence-corrected chi connectivity index (χ2v) is 5.32. The number of anilines is 1. The van der Waals surface area contributed by atoms with E-state index in [0.717, 1.165) is 6.07 Å². The number of pyridine rings is 1. The number of aromatic hydroxyl groups is 1. The van der Waals surface area contributed by atoms with Gasteiger partial charge in [0.15, 0.2) is 11.5 Å². The maximum atomic E-state index is 12.5. The molecule has 0 aliphatic heterocycles. The quantitative estimate of drug-likeness (QED) is 0.593. The summed E-state index contributed by atoms with van der Waals surface area (Å²) in [6.07, 6.45) is -2.30. The Morgan fingerprint density at radius 3 is 2.80 bits per heavy atom. The molecule has 0 unspecified atom stereocenters. The van der Waals surface area contributed by atoms with Crippen LogP contribution >= 0.6 is 11.6 Å². The highest BCUT2D eigenvalue weighted by molar-refractivity contribution is 6.32. The monoisotopic (exact) mass is 373 g/mol. The van der Waals surface area contributed by atoms with E-state index in [-0.39, 0.29) is 16.6 Å². The Kier molecular flexibility index (Phi) is 6.08. The van der Waals surface area contributed by atoms with Gasteiger partial charge in [0.05, 0.1) is 24.2 Å². The summed E-state index contributed by atoms with van der Waals surface area (Å²) < 4.78 is 42.6. The summed E-state index contributed by atoms with van der Waals surface area (Å²) in [5.41, 5.74) is -0.417. The number of nitrogens with zero attached hydrogens (tertiary/aromatic N) is 2. The van der Waals surface area contributed by atoms with Gasteiger partial charge in [0.1, 0.15) is 5.82 Å². The fraction of sp³-hybridized carbons (Fsp3) is 0.250. The van der Waals surface area contributed by atoms with Crippen molar-refractivity contribution in [2.45, 2.75) is 6.18 Å². The van der Waals surface area contributed by atoms with E-state index in [1.165, 1.54) is 13.3 Å². The first-order valence-electron chi connectivity index (χ1n) is 7.15. The average Bonchev–Trinajstić information content (AvgIpc) is 2.56. The van der Waals surface area contributed by atoms with Gasteiger partial charge in [-0.15, -0.1) is 0 Å². The van der Waals surface area contributed by atoms with Gasteiger partial charge in [-0.25, -0.2) is 4.98 Å². The summed E-state index contributed by atoms with van der Waals surface area (Å²) in [6, 6.07) is 5.81. The molecule has 5 nitrogen and oxygen atoms in total. The summed E-state index contributed by atoms with van der Waals surface area (Å²) >= 11 is 5.79. The average molecular weight is 374 g/mol. The highest BCUT2D eigenvalue weighted by Gasteiger charge is 2.31. The van der Waals surface area contributed by atoms with E-state index >= 15 is 0 Å². The summed E-state index contributed by atoms with van der Waals surface area (Å²) in [7, 11) is 1.45. The number of alkyl halides is 3. The number of halogens is 4. The molecule has 1 aromatic carbocycles. The molecule has 1 aromatic heterocycles. The van der Waals surface area contributed by atoms with Crippen LogP contribution in [0.1, 0.15) is 11.1 Å². The minimum Gasteiger partial charge on any atom is -0.504 e. The normalized spacial score (nSPS) is 11.7. The zero-order chi connectivity index (χ0) is 18.4. The van der Waals surface area contributed by atoms with Crippen LogP contribution < -0.4 is 10.1 Å². The number of phenolic OH excluding ortho intramolecular Hbond substituents is 1. The lowest BCUT2D eigenvalue weighted by Crippen LogP contribution is -2.10. The zero-order valence-electron chi connectivity index (χ0n) is 13.1. The fourth-order valence-electron chi connectivity index (χ4n) is 1.93. The van der Waals surface area contributed by atoms with Gasteiger partial charge in [-0.3, -0.25) is 4.99 Å². The Morgan fingerprint density at radius 1 is 1.40 bits per heavy atom. The third-order valence-corrected chi connectivity index (χ3v) is 3.47. The number of ether oxygens (including phenoxy) is 1. The van der Waals surface area contributed by atoms with Crippen LogP contribution in [0, 0.1) is 0 Å². The molecule has 2 rings (SSSR count). The van der Waals surface area contributed by atoms with Crippen molar-refractivity contribution in [3.63, 3.8) is 0 Å². The number of phenols is 1. The summed E-state index contributed by atoms with van der Waals surface area (Å²) in [6.45, 7) is 0.606. The third-order valence-electron chi connectivity index (χ3n) is 3.18. The molecule has 0 bridgehead atoms. The first-order valence-corrected chi connectivity index (χ1v) is 7.53. The van der Waals surface area contributed by atoms with E-state index in [1.54, 1.807) is 18.2 Å². The van der Waals surface area contributed by atoms with E-state index in [4.69, 9.17) is 16.3 Å². The van der Waals surface area contributed by atoms with Gasteiger partial charge < -0.3 is 15.2 Å². The molecule has 0 fully saturated rings. The van der Waals surface area contributed by atoms with E-state index < -0.39 is 11.7 Å². The Labute approximate surface area is 147 Å². The van der Waals surface area contributed by atoms with Gasteiger partial charge in [0.25, 0.3) is 0 Å². The molecule has 0 radical (unpaired) electrons. The number of methoxy groups -OCH3 is 1. The number of nitrogens with one attached hydrogen (secondary N) is 1. The number of para-hydroxylation sites is 1. The summed E-state index contributed by atoms with van der Waals surface area (Å²) in [5, 5.41) is 12.6. The van der Waals surface area contributed by atoms with Crippen LogP contribution in [0.3, 0.4) is 0 Å². The molecule has 1 heterocycles. The van der Waals surface area contributed by atoms with Gasteiger partial charge in [0.2, 0.25) is 0 Å². The van der Waals surface area contributed by atoms with Crippen molar-refractivity contribution < 1.29 is 23.0 Å². The Bertz CT molecular complexity index is 767. The Balaban J connectivity index is 1.91. The van der Waals surface area contributed by atoms with Gasteiger partial charge in [-0.1, -0.05) is 17.7 Å². The second kappa shape index (κ2) is 8.06. The molecule has 0 aliphatic carbocycles. The minimum atomic E-state index is -4.49. The SMILES string of the molecule is COc1cccc(C=NCCNc2ncc(C(F)(F)F)cc2Cl)c1O. The van der Waals surface area contributed by atoms with Crippen molar-refractivity contribution in [3.8, 4) is 11.5 Å². The molecule has 9 heteroatoms. The van der Waals surface area contributed by atoms with Crippen molar-refractivity contribution in [1.82, 2.24) is 4.98 Å².